The Morgan fingerprint density at radius 1 is 0.523 bits per heavy atom. The highest BCUT2D eigenvalue weighted by Gasteiger charge is 2.24. The zero-order chi connectivity index (χ0) is 47.8. The molecule has 0 radical (unpaired) electrons. The van der Waals surface area contributed by atoms with Crippen LogP contribution in [0.3, 0.4) is 0 Å². The predicted octanol–water partition coefficient (Wildman–Crippen LogP) is 16.4. The summed E-state index contributed by atoms with van der Waals surface area (Å²) in [4.78, 5) is 25.5. The summed E-state index contributed by atoms with van der Waals surface area (Å²) in [5.41, 5.74) is 0. The van der Waals surface area contributed by atoms with Gasteiger partial charge in [-0.1, -0.05) is 257 Å². The van der Waals surface area contributed by atoms with Gasteiger partial charge in [0.1, 0.15) is 13.2 Å². The molecular formula is C56H113N2O6P. The summed E-state index contributed by atoms with van der Waals surface area (Å²) in [5.74, 6) is -0.169. The number of aliphatic hydroxyl groups is 1. The van der Waals surface area contributed by atoms with Crippen LogP contribution in [0.15, 0.2) is 12.2 Å². The number of amides is 1. The molecule has 0 aromatic carbocycles. The molecule has 0 aliphatic carbocycles. The molecule has 65 heavy (non-hydrogen) atoms. The van der Waals surface area contributed by atoms with E-state index >= 15 is 0 Å². The normalized spacial score (nSPS) is 14.0. The number of nitrogens with zero attached hydrogens (tertiary/aromatic N) is 1. The number of nitrogens with one attached hydrogen (secondary N) is 1. The summed E-state index contributed by atoms with van der Waals surface area (Å²) in [6, 6.07) is -0.802. The van der Waals surface area contributed by atoms with E-state index in [0.717, 1.165) is 51.4 Å². The quantitative estimate of drug-likeness (QED) is 0.0272. The van der Waals surface area contributed by atoms with Crippen molar-refractivity contribution in [3.63, 3.8) is 0 Å². The van der Waals surface area contributed by atoms with Crippen LogP contribution in [-0.2, 0) is 18.4 Å². The molecule has 0 saturated carbocycles. The van der Waals surface area contributed by atoms with Crippen LogP contribution in [0.2, 0.25) is 0 Å². The van der Waals surface area contributed by atoms with Gasteiger partial charge in [-0.25, -0.2) is 0 Å². The lowest BCUT2D eigenvalue weighted by Gasteiger charge is -2.30. The van der Waals surface area contributed by atoms with Crippen molar-refractivity contribution >= 4 is 13.7 Å². The Hall–Kier alpha value is -0.760. The highest BCUT2D eigenvalue weighted by Crippen LogP contribution is 2.38. The number of phosphoric ester groups is 1. The first kappa shape index (κ1) is 64.2. The van der Waals surface area contributed by atoms with Gasteiger partial charge in [-0.15, -0.1) is 0 Å². The molecule has 0 spiro atoms. The largest absolute Gasteiger partial charge is 0.756 e. The molecule has 8 nitrogen and oxygen atoms in total. The fourth-order valence-corrected chi connectivity index (χ4v) is 9.47. The van der Waals surface area contributed by atoms with Crippen molar-refractivity contribution in [3.8, 4) is 0 Å². The van der Waals surface area contributed by atoms with E-state index in [-0.39, 0.29) is 19.1 Å². The van der Waals surface area contributed by atoms with E-state index in [1.807, 2.05) is 21.1 Å². The van der Waals surface area contributed by atoms with Crippen LogP contribution in [0, 0.1) is 0 Å². The molecule has 0 bridgehead atoms. The van der Waals surface area contributed by atoms with E-state index in [0.29, 0.717) is 23.9 Å². The third-order valence-corrected chi connectivity index (χ3v) is 14.2. The van der Waals surface area contributed by atoms with Crippen LogP contribution in [-0.4, -0.2) is 68.5 Å². The fourth-order valence-electron chi connectivity index (χ4n) is 8.74. The molecule has 0 fully saturated rings. The first-order valence-electron chi connectivity index (χ1n) is 28.5. The number of rotatable bonds is 53. The van der Waals surface area contributed by atoms with Crippen molar-refractivity contribution in [3.05, 3.63) is 12.2 Å². The minimum atomic E-state index is -4.57. The number of carbonyl (C=O) groups excluding carboxylic acids is 1. The number of unbranched alkanes of at least 4 members (excludes halogenated alkanes) is 38. The minimum absolute atomic E-state index is 0.0129. The van der Waals surface area contributed by atoms with Gasteiger partial charge in [-0.3, -0.25) is 9.36 Å². The topological polar surface area (TPSA) is 108 Å². The number of carbonyl (C=O) groups is 1. The van der Waals surface area contributed by atoms with Crippen LogP contribution in [0.25, 0.3) is 0 Å². The van der Waals surface area contributed by atoms with Crippen molar-refractivity contribution < 1.29 is 32.9 Å². The van der Waals surface area contributed by atoms with Gasteiger partial charge in [-0.2, -0.15) is 0 Å². The number of quaternary nitrogens is 1. The van der Waals surface area contributed by atoms with Gasteiger partial charge in [0.15, 0.2) is 0 Å². The van der Waals surface area contributed by atoms with Crippen molar-refractivity contribution in [2.75, 3.05) is 40.9 Å². The highest BCUT2D eigenvalue weighted by atomic mass is 31.2. The zero-order valence-electron chi connectivity index (χ0n) is 44.2. The molecule has 0 aromatic heterocycles. The molecule has 1 amide bonds. The van der Waals surface area contributed by atoms with E-state index in [1.165, 1.54) is 212 Å². The van der Waals surface area contributed by atoms with Crippen molar-refractivity contribution in [2.45, 2.75) is 302 Å². The Labute approximate surface area is 405 Å². The van der Waals surface area contributed by atoms with Gasteiger partial charge in [0.25, 0.3) is 7.82 Å². The monoisotopic (exact) mass is 941 g/mol. The van der Waals surface area contributed by atoms with E-state index in [9.17, 15) is 19.4 Å². The maximum atomic E-state index is 12.9. The summed E-state index contributed by atoms with van der Waals surface area (Å²) in [7, 11) is 1.31. The third kappa shape index (κ3) is 50.9. The Balaban J connectivity index is 4.08. The minimum Gasteiger partial charge on any atom is -0.756 e. The SMILES string of the molecule is CCCCCCCC/C=C\CCCCCCCC(=O)NC(COP(=O)([O-])OCC[N+](C)(C)C)C(O)CCCCCCCCCCCCCCCCCCCCCCCCCCCCCC. The summed E-state index contributed by atoms with van der Waals surface area (Å²) in [6.45, 7) is 4.75. The van der Waals surface area contributed by atoms with Crippen LogP contribution in [0.5, 0.6) is 0 Å². The number of hydrogen-bond donors (Lipinski definition) is 2. The molecule has 0 rings (SSSR count). The van der Waals surface area contributed by atoms with Gasteiger partial charge >= 0.3 is 0 Å². The number of allylic oxidation sites excluding steroid dienone is 2. The second kappa shape index (κ2) is 48.3. The average Bonchev–Trinajstić information content (AvgIpc) is 3.26. The standard InChI is InChI=1S/C56H113N2O6P/c1-6-8-10-12-14-16-18-20-22-23-24-25-26-27-28-29-30-31-32-33-34-36-37-39-41-43-45-47-49-55(59)54(53-64-65(61,62)63-52-51-58(3,4)5)57-56(60)50-48-46-44-42-40-38-35-21-19-17-15-13-11-9-7-2/h21,35,54-55,59H,6-20,22-34,36-53H2,1-5H3,(H-,57,60,61,62)/b35-21-. The van der Waals surface area contributed by atoms with Gasteiger partial charge in [0.05, 0.1) is 39.9 Å². The maximum absolute atomic E-state index is 12.9. The summed E-state index contributed by atoms with van der Waals surface area (Å²) < 4.78 is 23.4. The molecule has 0 aliphatic rings. The lowest BCUT2D eigenvalue weighted by molar-refractivity contribution is -0.870. The first-order valence-corrected chi connectivity index (χ1v) is 30.0. The second-order valence-electron chi connectivity index (χ2n) is 21.0. The summed E-state index contributed by atoms with van der Waals surface area (Å²) in [6.07, 6.45) is 58.2. The van der Waals surface area contributed by atoms with Crippen LogP contribution < -0.4 is 10.2 Å². The van der Waals surface area contributed by atoms with E-state index in [1.54, 1.807) is 0 Å². The van der Waals surface area contributed by atoms with Gasteiger partial charge in [0.2, 0.25) is 5.91 Å². The van der Waals surface area contributed by atoms with E-state index < -0.39 is 20.0 Å². The predicted molar refractivity (Wildman–Crippen MR) is 279 cm³/mol. The number of likely N-dealkylation sites (N-methyl/N-ethyl adjacent to an activating group) is 1. The van der Waals surface area contributed by atoms with Crippen LogP contribution in [0.4, 0.5) is 0 Å². The lowest BCUT2D eigenvalue weighted by Crippen LogP contribution is -2.46. The molecule has 3 unspecified atom stereocenters. The first-order chi connectivity index (χ1) is 31.5. The van der Waals surface area contributed by atoms with Gasteiger partial charge in [0, 0.05) is 6.42 Å². The second-order valence-corrected chi connectivity index (χ2v) is 22.4. The lowest BCUT2D eigenvalue weighted by atomic mass is 10.0. The molecule has 0 saturated heterocycles. The molecule has 2 N–H and O–H groups in total. The van der Waals surface area contributed by atoms with Crippen molar-refractivity contribution in [2.24, 2.45) is 0 Å². The number of phosphoric acid groups is 1. The molecule has 0 aliphatic heterocycles. The highest BCUT2D eigenvalue weighted by molar-refractivity contribution is 7.45. The van der Waals surface area contributed by atoms with Gasteiger partial charge in [-0.05, 0) is 38.5 Å². The molecule has 3 atom stereocenters. The van der Waals surface area contributed by atoms with E-state index in [2.05, 4.69) is 31.3 Å². The van der Waals surface area contributed by atoms with Crippen molar-refractivity contribution in [1.82, 2.24) is 5.32 Å². The smallest absolute Gasteiger partial charge is 0.268 e. The Morgan fingerprint density at radius 3 is 1.20 bits per heavy atom. The van der Waals surface area contributed by atoms with Crippen molar-refractivity contribution in [1.29, 1.82) is 0 Å². The number of hydrogen-bond acceptors (Lipinski definition) is 6. The Bertz CT molecular complexity index is 1070. The molecule has 388 valence electrons. The zero-order valence-corrected chi connectivity index (χ0v) is 45.1. The number of aliphatic hydroxyl groups excluding tert-OH is 1. The Morgan fingerprint density at radius 2 is 0.846 bits per heavy atom. The molecule has 0 heterocycles. The third-order valence-electron chi connectivity index (χ3n) is 13.3. The summed E-state index contributed by atoms with van der Waals surface area (Å²) >= 11 is 0. The molecule has 0 aromatic rings. The van der Waals surface area contributed by atoms with Crippen LogP contribution in [0.1, 0.15) is 290 Å². The summed E-state index contributed by atoms with van der Waals surface area (Å²) in [5, 5.41) is 14.0. The van der Waals surface area contributed by atoms with Crippen LogP contribution >= 0.6 is 7.82 Å². The van der Waals surface area contributed by atoms with E-state index in [4.69, 9.17) is 9.05 Å². The fraction of sp³-hybridized carbons (Fsp3) is 0.946. The molecule has 9 heteroatoms. The average molecular weight is 942 g/mol. The van der Waals surface area contributed by atoms with Gasteiger partial charge < -0.3 is 28.8 Å². The maximum Gasteiger partial charge on any atom is 0.268 e. The molecular weight excluding hydrogens is 828 g/mol. The Kier molecular flexibility index (Phi) is 47.7.